The molecule has 2 aromatic rings. The Morgan fingerprint density at radius 1 is 0.895 bits per heavy atom. The van der Waals surface area contributed by atoms with Gasteiger partial charge in [-0.15, -0.1) is 0 Å². The number of fused-ring (bicyclic) bond motifs is 2. The maximum absolute atomic E-state index is 11.7. The maximum atomic E-state index is 11.7. The van der Waals surface area contributed by atoms with Crippen LogP contribution in [0.2, 0.25) is 0 Å². The predicted molar refractivity (Wildman–Crippen MR) is 64.6 cm³/mol. The Kier molecular flexibility index (Phi) is 4.39. The fourth-order valence-electron chi connectivity index (χ4n) is 1.94. The molecule has 3 rings (SSSR count). The Labute approximate surface area is 133 Å². The van der Waals surface area contributed by atoms with Crippen LogP contribution >= 0.6 is 7.82 Å². The summed E-state index contributed by atoms with van der Waals surface area (Å²) >= 11 is 0. The van der Waals surface area contributed by atoms with Crippen LogP contribution in [0.5, 0.6) is 11.5 Å². The molecule has 0 aromatic heterocycles. The quantitative estimate of drug-likeness (QED) is 0.484. The molecule has 1 heterocycles. The molecule has 0 atom stereocenters. The molecule has 0 spiro atoms. The number of phosphoric ester groups is 1. The van der Waals surface area contributed by atoms with E-state index in [0.717, 1.165) is 11.1 Å². The zero-order valence-electron chi connectivity index (χ0n) is 10.4. The number of hydrogen-bond acceptors (Lipinski definition) is 4. The summed E-state index contributed by atoms with van der Waals surface area (Å²) in [5.74, 6) is 0.649. The van der Waals surface area contributed by atoms with Crippen LogP contribution in [0.15, 0.2) is 48.5 Å². The van der Waals surface area contributed by atoms with Crippen molar-refractivity contribution >= 4 is 7.82 Å². The number of hydrogen-bond donors (Lipinski definition) is 0. The third-order valence-electron chi connectivity index (χ3n) is 2.75. The van der Waals surface area contributed by atoms with E-state index >= 15 is 0 Å². The molecule has 0 N–H and O–H groups in total. The van der Waals surface area contributed by atoms with E-state index in [-0.39, 0.29) is 29.6 Å². The smallest absolute Gasteiger partial charge is 0.736 e. The third-order valence-corrected chi connectivity index (χ3v) is 3.59. The van der Waals surface area contributed by atoms with Crippen molar-refractivity contribution in [3.63, 3.8) is 0 Å². The molecule has 1 aliphatic heterocycles. The second-order valence-corrected chi connectivity index (χ2v) is 5.28. The van der Waals surface area contributed by atoms with Gasteiger partial charge in [-0.2, -0.15) is 0 Å². The van der Waals surface area contributed by atoms with Gasteiger partial charge in [0.05, 0.1) is 0 Å². The minimum absolute atomic E-state index is 0. The molecule has 0 aliphatic carbocycles. The Balaban J connectivity index is 0.00000133. The number of benzene rings is 2. The van der Waals surface area contributed by atoms with E-state index in [2.05, 4.69) is 0 Å². The first kappa shape index (κ1) is 14.6. The van der Waals surface area contributed by atoms with Crippen molar-refractivity contribution in [2.45, 2.75) is 6.42 Å². The minimum Gasteiger partial charge on any atom is -0.736 e. The van der Waals surface area contributed by atoms with Crippen molar-refractivity contribution in [1.29, 1.82) is 0 Å². The van der Waals surface area contributed by atoms with Gasteiger partial charge < -0.3 is 13.9 Å². The zero-order valence-corrected chi connectivity index (χ0v) is 13.3. The molecular weight excluding hydrogens is 274 g/mol. The molecule has 0 unspecified atom stereocenters. The van der Waals surface area contributed by atoms with E-state index in [0.29, 0.717) is 17.9 Å². The average molecular weight is 284 g/mol. The SMILES string of the molecule is O=P1([O-])Oc2ccccc2Cc2ccccc2O1.[Na+]. The summed E-state index contributed by atoms with van der Waals surface area (Å²) in [6, 6.07) is 14.1. The van der Waals surface area contributed by atoms with Gasteiger partial charge in [0.15, 0.2) is 0 Å². The monoisotopic (exact) mass is 284 g/mol. The number of para-hydroxylation sites is 2. The summed E-state index contributed by atoms with van der Waals surface area (Å²) in [6.07, 6.45) is 0.576. The van der Waals surface area contributed by atoms with E-state index < -0.39 is 7.82 Å². The summed E-state index contributed by atoms with van der Waals surface area (Å²) < 4.78 is 21.6. The van der Waals surface area contributed by atoms with Crippen LogP contribution in [0.1, 0.15) is 11.1 Å². The summed E-state index contributed by atoms with van der Waals surface area (Å²) in [7, 11) is -4.37. The van der Waals surface area contributed by atoms with Gasteiger partial charge in [0.1, 0.15) is 11.5 Å². The molecule has 0 saturated heterocycles. The Morgan fingerprint density at radius 3 is 1.79 bits per heavy atom. The van der Waals surface area contributed by atoms with Gasteiger partial charge in [-0.25, -0.2) is 4.57 Å². The van der Waals surface area contributed by atoms with Crippen LogP contribution in [-0.2, 0) is 11.0 Å². The number of rotatable bonds is 0. The van der Waals surface area contributed by atoms with Crippen molar-refractivity contribution < 1.29 is 48.1 Å². The molecule has 0 bridgehead atoms. The van der Waals surface area contributed by atoms with Crippen LogP contribution in [-0.4, -0.2) is 0 Å². The van der Waals surface area contributed by atoms with Crippen LogP contribution in [0.25, 0.3) is 0 Å². The molecule has 0 amide bonds. The minimum atomic E-state index is -4.37. The Bertz CT molecular complexity index is 593. The van der Waals surface area contributed by atoms with Gasteiger partial charge in [0.2, 0.25) is 0 Å². The van der Waals surface area contributed by atoms with Crippen molar-refractivity contribution in [3.05, 3.63) is 59.7 Å². The molecule has 0 fully saturated rings. The van der Waals surface area contributed by atoms with E-state index in [1.807, 2.05) is 24.3 Å². The largest absolute Gasteiger partial charge is 1.00 e. The second-order valence-electron chi connectivity index (χ2n) is 4.02. The molecule has 0 radical (unpaired) electrons. The van der Waals surface area contributed by atoms with Crippen molar-refractivity contribution in [2.75, 3.05) is 0 Å². The van der Waals surface area contributed by atoms with Gasteiger partial charge in [-0.05, 0) is 23.3 Å². The average Bonchev–Trinajstić information content (AvgIpc) is 2.31. The summed E-state index contributed by atoms with van der Waals surface area (Å²) in [5, 5.41) is 0. The standard InChI is InChI=1S/C13H11O4P.Na/c14-18(15)16-12-7-3-1-5-10(12)9-11-6-2-4-8-13(11)17-18;/h1-8H,9H2,(H,14,15);/q;+1/p-1. The van der Waals surface area contributed by atoms with Gasteiger partial charge in [-0.1, -0.05) is 36.4 Å². The normalized spacial score (nSPS) is 15.4. The Morgan fingerprint density at radius 2 is 1.32 bits per heavy atom. The second kappa shape index (κ2) is 5.70. The van der Waals surface area contributed by atoms with E-state index in [1.165, 1.54) is 0 Å². The van der Waals surface area contributed by atoms with E-state index in [9.17, 15) is 9.46 Å². The molecule has 4 nitrogen and oxygen atoms in total. The molecule has 1 aliphatic rings. The first-order valence-corrected chi connectivity index (χ1v) is 6.96. The molecule has 2 aromatic carbocycles. The molecular formula is C13H10NaO4P. The summed E-state index contributed by atoms with van der Waals surface area (Å²) in [5.41, 5.74) is 1.65. The summed E-state index contributed by atoms with van der Waals surface area (Å²) in [6.45, 7) is 0. The fraction of sp³-hybridized carbons (Fsp3) is 0.0769. The molecule has 0 saturated carbocycles. The topological polar surface area (TPSA) is 58.6 Å². The van der Waals surface area contributed by atoms with Crippen LogP contribution < -0.4 is 43.5 Å². The molecule has 19 heavy (non-hydrogen) atoms. The number of phosphoric acid groups is 1. The Hall–Kier alpha value is -0.770. The fourth-order valence-corrected chi connectivity index (χ4v) is 2.82. The first-order chi connectivity index (χ1) is 8.64. The molecule has 6 heteroatoms. The van der Waals surface area contributed by atoms with Gasteiger partial charge in [0, 0.05) is 6.42 Å². The van der Waals surface area contributed by atoms with Crippen molar-refractivity contribution in [3.8, 4) is 11.5 Å². The van der Waals surface area contributed by atoms with E-state index in [4.69, 9.17) is 9.05 Å². The van der Waals surface area contributed by atoms with E-state index in [1.54, 1.807) is 24.3 Å². The van der Waals surface area contributed by atoms with Gasteiger partial charge >= 0.3 is 37.4 Å². The third kappa shape index (κ3) is 3.22. The van der Waals surface area contributed by atoms with Crippen LogP contribution in [0, 0.1) is 0 Å². The van der Waals surface area contributed by atoms with Crippen molar-refractivity contribution in [2.24, 2.45) is 0 Å². The van der Waals surface area contributed by atoms with Crippen LogP contribution in [0.4, 0.5) is 0 Å². The first-order valence-electron chi connectivity index (χ1n) is 5.50. The van der Waals surface area contributed by atoms with Gasteiger partial charge in [0.25, 0.3) is 0 Å². The van der Waals surface area contributed by atoms with Crippen molar-refractivity contribution in [1.82, 2.24) is 0 Å². The molecule has 92 valence electrons. The van der Waals surface area contributed by atoms with Gasteiger partial charge in [-0.3, -0.25) is 0 Å². The zero-order chi connectivity index (χ0) is 12.6. The predicted octanol–water partition coefficient (Wildman–Crippen LogP) is -0.479. The van der Waals surface area contributed by atoms with Crippen LogP contribution in [0.3, 0.4) is 0 Å². The maximum Gasteiger partial charge on any atom is 1.00 e. The summed E-state index contributed by atoms with van der Waals surface area (Å²) in [4.78, 5) is 11.7.